The fourth-order valence-electron chi connectivity index (χ4n) is 1.55. The number of esters is 1. The van der Waals surface area contributed by atoms with Crippen LogP contribution in [0.1, 0.15) is 18.9 Å². The van der Waals surface area contributed by atoms with E-state index in [4.69, 9.17) is 4.74 Å². The molecule has 0 heterocycles. The minimum Gasteiger partial charge on any atom is -0.464 e. The van der Waals surface area contributed by atoms with Crippen LogP contribution >= 0.6 is 0 Å². The number of carbonyl (C=O) groups is 2. The molecule has 19 heavy (non-hydrogen) atoms. The Hall–Kier alpha value is -1.75. The van der Waals surface area contributed by atoms with Gasteiger partial charge in [0, 0.05) is 13.1 Å². The summed E-state index contributed by atoms with van der Waals surface area (Å²) in [6.45, 7) is 2.79. The van der Waals surface area contributed by atoms with Crippen molar-refractivity contribution in [2.24, 2.45) is 0 Å². The Morgan fingerprint density at radius 3 is 2.47 bits per heavy atom. The number of ketones is 1. The standard InChI is InChI=1S/C14H18FNO3/c1-11(17)9-14(18)19-8-7-16(2)10-12-3-5-13(15)6-4-12/h3-6H,7-10H2,1-2H3. The number of benzene rings is 1. The van der Waals surface area contributed by atoms with Gasteiger partial charge in [-0.3, -0.25) is 14.5 Å². The molecule has 0 aromatic heterocycles. The summed E-state index contributed by atoms with van der Waals surface area (Å²) in [5.41, 5.74) is 0.985. The van der Waals surface area contributed by atoms with Gasteiger partial charge in [0.2, 0.25) is 0 Å². The quantitative estimate of drug-likeness (QED) is 0.558. The molecule has 1 aromatic carbocycles. The highest BCUT2D eigenvalue weighted by molar-refractivity contribution is 5.94. The Labute approximate surface area is 112 Å². The molecule has 0 unspecified atom stereocenters. The maximum atomic E-state index is 12.7. The lowest BCUT2D eigenvalue weighted by Crippen LogP contribution is -2.24. The molecule has 4 nitrogen and oxygen atoms in total. The second-order valence-corrected chi connectivity index (χ2v) is 4.46. The molecule has 0 radical (unpaired) electrons. The summed E-state index contributed by atoms with van der Waals surface area (Å²) in [6, 6.07) is 6.26. The average molecular weight is 267 g/mol. The van der Waals surface area contributed by atoms with E-state index in [2.05, 4.69) is 0 Å². The maximum absolute atomic E-state index is 12.7. The highest BCUT2D eigenvalue weighted by Gasteiger charge is 2.07. The monoisotopic (exact) mass is 267 g/mol. The Morgan fingerprint density at radius 2 is 1.89 bits per heavy atom. The van der Waals surface area contributed by atoms with Gasteiger partial charge in [-0.05, 0) is 31.7 Å². The van der Waals surface area contributed by atoms with Gasteiger partial charge in [0.25, 0.3) is 0 Å². The number of rotatable bonds is 7. The normalized spacial score (nSPS) is 10.5. The van der Waals surface area contributed by atoms with E-state index in [1.165, 1.54) is 19.1 Å². The number of hydrogen-bond acceptors (Lipinski definition) is 4. The molecule has 0 saturated carbocycles. The molecule has 0 aliphatic rings. The van der Waals surface area contributed by atoms with Crippen molar-refractivity contribution in [3.05, 3.63) is 35.6 Å². The fraction of sp³-hybridized carbons (Fsp3) is 0.429. The van der Waals surface area contributed by atoms with Gasteiger partial charge in [0.05, 0.1) is 0 Å². The van der Waals surface area contributed by atoms with Crippen molar-refractivity contribution in [3.63, 3.8) is 0 Å². The minimum absolute atomic E-state index is 0.179. The highest BCUT2D eigenvalue weighted by Crippen LogP contribution is 2.05. The van der Waals surface area contributed by atoms with E-state index < -0.39 is 5.97 Å². The first kappa shape index (κ1) is 15.3. The molecule has 5 heteroatoms. The zero-order valence-corrected chi connectivity index (χ0v) is 11.2. The first-order chi connectivity index (χ1) is 8.97. The van der Waals surface area contributed by atoms with Crippen LogP contribution in [0.2, 0.25) is 0 Å². The molecule has 0 amide bonds. The Morgan fingerprint density at radius 1 is 1.26 bits per heavy atom. The molecule has 0 saturated heterocycles. The Bertz CT molecular complexity index is 431. The molecule has 104 valence electrons. The lowest BCUT2D eigenvalue weighted by atomic mass is 10.2. The van der Waals surface area contributed by atoms with E-state index >= 15 is 0 Å². The molecule has 0 aliphatic carbocycles. The van der Waals surface area contributed by atoms with E-state index in [9.17, 15) is 14.0 Å². The third kappa shape index (κ3) is 6.67. The van der Waals surface area contributed by atoms with Gasteiger partial charge in [-0.1, -0.05) is 12.1 Å². The zero-order valence-electron chi connectivity index (χ0n) is 11.2. The number of Topliss-reactive ketones (excluding diaryl/α,β-unsaturated/α-hetero) is 1. The van der Waals surface area contributed by atoms with Crippen LogP contribution in [0, 0.1) is 5.82 Å². The molecule has 0 atom stereocenters. The molecule has 1 rings (SSSR count). The lowest BCUT2D eigenvalue weighted by Gasteiger charge is -2.16. The lowest BCUT2D eigenvalue weighted by molar-refractivity contribution is -0.146. The second-order valence-electron chi connectivity index (χ2n) is 4.46. The van der Waals surface area contributed by atoms with Crippen LogP contribution in [-0.2, 0) is 20.9 Å². The van der Waals surface area contributed by atoms with Crippen molar-refractivity contribution in [1.82, 2.24) is 4.90 Å². The first-order valence-electron chi connectivity index (χ1n) is 6.05. The summed E-state index contributed by atoms with van der Waals surface area (Å²) in [6.07, 6.45) is -0.179. The number of hydrogen-bond donors (Lipinski definition) is 0. The van der Waals surface area contributed by atoms with Crippen LogP contribution in [0.25, 0.3) is 0 Å². The molecule has 1 aromatic rings. The van der Waals surface area contributed by atoms with Crippen molar-refractivity contribution in [1.29, 1.82) is 0 Å². The van der Waals surface area contributed by atoms with Gasteiger partial charge in [0.15, 0.2) is 0 Å². The predicted molar refractivity (Wildman–Crippen MR) is 69.0 cm³/mol. The van der Waals surface area contributed by atoms with Gasteiger partial charge < -0.3 is 4.74 Å². The van der Waals surface area contributed by atoms with Crippen LogP contribution in [0.3, 0.4) is 0 Å². The van der Waals surface area contributed by atoms with E-state index in [0.717, 1.165) is 5.56 Å². The topological polar surface area (TPSA) is 46.6 Å². The molecule has 0 aliphatic heterocycles. The molecule has 0 N–H and O–H groups in total. The van der Waals surface area contributed by atoms with Crippen LogP contribution in [-0.4, -0.2) is 36.9 Å². The van der Waals surface area contributed by atoms with Gasteiger partial charge in [-0.2, -0.15) is 0 Å². The fourth-order valence-corrected chi connectivity index (χ4v) is 1.55. The third-order valence-corrected chi connectivity index (χ3v) is 2.50. The largest absolute Gasteiger partial charge is 0.464 e. The Balaban J connectivity index is 2.24. The summed E-state index contributed by atoms with van der Waals surface area (Å²) in [5, 5.41) is 0. The Kier molecular flexibility index (Phi) is 6.15. The predicted octanol–water partition coefficient (Wildman–Crippen LogP) is 1.78. The van der Waals surface area contributed by atoms with E-state index in [1.807, 2.05) is 11.9 Å². The summed E-state index contributed by atoms with van der Waals surface area (Å²) in [4.78, 5) is 23.8. The van der Waals surface area contributed by atoms with Gasteiger partial charge >= 0.3 is 5.97 Å². The molecule has 0 fully saturated rings. The van der Waals surface area contributed by atoms with Crippen molar-refractivity contribution in [3.8, 4) is 0 Å². The van der Waals surface area contributed by atoms with Crippen molar-refractivity contribution in [2.75, 3.05) is 20.2 Å². The van der Waals surface area contributed by atoms with Crippen molar-refractivity contribution < 1.29 is 18.7 Å². The second kappa shape index (κ2) is 7.63. The highest BCUT2D eigenvalue weighted by atomic mass is 19.1. The molecular weight excluding hydrogens is 249 g/mol. The van der Waals surface area contributed by atoms with E-state index in [1.54, 1.807) is 12.1 Å². The summed E-state index contributed by atoms with van der Waals surface area (Å²) in [7, 11) is 1.88. The first-order valence-corrected chi connectivity index (χ1v) is 6.05. The molecule has 0 spiro atoms. The SMILES string of the molecule is CC(=O)CC(=O)OCCN(C)Cc1ccc(F)cc1. The van der Waals surface area contributed by atoms with Crippen LogP contribution in [0.15, 0.2) is 24.3 Å². The number of halogens is 1. The van der Waals surface area contributed by atoms with Crippen LogP contribution < -0.4 is 0 Å². The van der Waals surface area contributed by atoms with Gasteiger partial charge in [0.1, 0.15) is 24.6 Å². The van der Waals surface area contributed by atoms with E-state index in [-0.39, 0.29) is 24.6 Å². The zero-order chi connectivity index (χ0) is 14.3. The average Bonchev–Trinajstić information content (AvgIpc) is 2.31. The number of ether oxygens (including phenoxy) is 1. The number of likely N-dealkylation sites (N-methyl/N-ethyl adjacent to an activating group) is 1. The van der Waals surface area contributed by atoms with Gasteiger partial charge in [-0.15, -0.1) is 0 Å². The molecular formula is C14H18FNO3. The summed E-state index contributed by atoms with van der Waals surface area (Å²) in [5.74, 6) is -0.961. The van der Waals surface area contributed by atoms with E-state index in [0.29, 0.717) is 13.1 Å². The summed E-state index contributed by atoms with van der Waals surface area (Å²) >= 11 is 0. The van der Waals surface area contributed by atoms with Crippen LogP contribution in [0.4, 0.5) is 4.39 Å². The van der Waals surface area contributed by atoms with Crippen molar-refractivity contribution >= 4 is 11.8 Å². The molecule has 0 bridgehead atoms. The smallest absolute Gasteiger partial charge is 0.313 e. The maximum Gasteiger partial charge on any atom is 0.313 e. The van der Waals surface area contributed by atoms with Crippen molar-refractivity contribution in [2.45, 2.75) is 19.9 Å². The number of carbonyl (C=O) groups excluding carboxylic acids is 2. The minimum atomic E-state index is -0.498. The number of nitrogens with zero attached hydrogens (tertiary/aromatic N) is 1. The van der Waals surface area contributed by atoms with Gasteiger partial charge in [-0.25, -0.2) is 4.39 Å². The summed E-state index contributed by atoms with van der Waals surface area (Å²) < 4.78 is 17.6. The van der Waals surface area contributed by atoms with Crippen LogP contribution in [0.5, 0.6) is 0 Å². The third-order valence-electron chi connectivity index (χ3n) is 2.50.